The third-order valence-electron chi connectivity index (χ3n) is 4.08. The molecule has 1 unspecified atom stereocenters. The summed E-state index contributed by atoms with van der Waals surface area (Å²) in [6.45, 7) is 0.807. The highest BCUT2D eigenvalue weighted by molar-refractivity contribution is 5.74. The molecular formula is C15H20F4N4O. The number of aromatic nitrogens is 1. The molecule has 0 spiro atoms. The number of nitrogens with zero attached hydrogens (tertiary/aromatic N) is 4. The van der Waals surface area contributed by atoms with Gasteiger partial charge in [0.1, 0.15) is 0 Å². The van der Waals surface area contributed by atoms with Gasteiger partial charge in [0.05, 0.1) is 11.6 Å². The first-order chi connectivity index (χ1) is 11.1. The molecule has 0 aliphatic carbocycles. The lowest BCUT2D eigenvalue weighted by Crippen LogP contribution is -2.51. The number of pyridine rings is 1. The van der Waals surface area contributed by atoms with E-state index in [4.69, 9.17) is 0 Å². The Morgan fingerprint density at radius 2 is 2.00 bits per heavy atom. The number of amides is 2. The van der Waals surface area contributed by atoms with Crippen molar-refractivity contribution in [1.29, 1.82) is 0 Å². The minimum Gasteiger partial charge on any atom is -0.352 e. The van der Waals surface area contributed by atoms with Crippen LogP contribution in [0.15, 0.2) is 12.3 Å². The van der Waals surface area contributed by atoms with Crippen molar-refractivity contribution in [2.24, 2.45) is 0 Å². The van der Waals surface area contributed by atoms with Crippen LogP contribution in [0.25, 0.3) is 0 Å². The number of urea groups is 1. The largest absolute Gasteiger partial charge is 0.417 e. The quantitative estimate of drug-likeness (QED) is 0.772. The maximum Gasteiger partial charge on any atom is 0.417 e. The Morgan fingerprint density at radius 1 is 1.33 bits per heavy atom. The van der Waals surface area contributed by atoms with Gasteiger partial charge in [-0.1, -0.05) is 0 Å². The number of piperidine rings is 1. The van der Waals surface area contributed by atoms with Crippen LogP contribution in [0.3, 0.4) is 0 Å². The van der Waals surface area contributed by atoms with Crippen molar-refractivity contribution in [2.45, 2.75) is 25.1 Å². The molecule has 5 nitrogen and oxygen atoms in total. The van der Waals surface area contributed by atoms with Crippen molar-refractivity contribution >= 4 is 11.8 Å². The molecule has 1 aliphatic rings. The lowest BCUT2D eigenvalue weighted by Gasteiger charge is -2.39. The molecule has 1 atom stereocenters. The van der Waals surface area contributed by atoms with Crippen LogP contribution in [0.1, 0.15) is 18.4 Å². The van der Waals surface area contributed by atoms with Gasteiger partial charge < -0.3 is 14.7 Å². The van der Waals surface area contributed by atoms with E-state index in [9.17, 15) is 22.4 Å². The average molecular weight is 348 g/mol. The summed E-state index contributed by atoms with van der Waals surface area (Å²) >= 11 is 0. The fourth-order valence-electron chi connectivity index (χ4n) is 2.75. The summed E-state index contributed by atoms with van der Waals surface area (Å²) in [6, 6.07) is 0.125. The molecule has 0 aromatic carbocycles. The third-order valence-corrected chi connectivity index (χ3v) is 4.08. The second kappa shape index (κ2) is 6.82. The van der Waals surface area contributed by atoms with Gasteiger partial charge >= 0.3 is 12.2 Å². The zero-order valence-corrected chi connectivity index (χ0v) is 13.8. The first kappa shape index (κ1) is 18.3. The molecular weight excluding hydrogens is 328 g/mol. The molecule has 1 aromatic rings. The molecule has 0 N–H and O–H groups in total. The molecule has 2 heterocycles. The molecule has 0 radical (unpaired) electrons. The van der Waals surface area contributed by atoms with Gasteiger partial charge in [-0.25, -0.2) is 14.2 Å². The molecule has 1 fully saturated rings. The van der Waals surface area contributed by atoms with Gasteiger partial charge in [-0.05, 0) is 18.9 Å². The SMILES string of the molecule is CN(C)C(=O)N(C)C1CCCN(c2ncc(C(F)(F)F)cc2F)C1. The predicted octanol–water partition coefficient (Wildman–Crippen LogP) is 2.82. The zero-order chi connectivity index (χ0) is 18.1. The van der Waals surface area contributed by atoms with Crippen LogP contribution in [0.5, 0.6) is 0 Å². The van der Waals surface area contributed by atoms with Crippen LogP contribution < -0.4 is 4.90 Å². The topological polar surface area (TPSA) is 39.7 Å². The fraction of sp³-hybridized carbons (Fsp3) is 0.600. The van der Waals surface area contributed by atoms with E-state index < -0.39 is 17.6 Å². The lowest BCUT2D eigenvalue weighted by atomic mass is 10.0. The number of carbonyl (C=O) groups excluding carboxylic acids is 1. The number of alkyl halides is 3. The monoisotopic (exact) mass is 348 g/mol. The van der Waals surface area contributed by atoms with Crippen molar-refractivity contribution in [2.75, 3.05) is 39.1 Å². The first-order valence-electron chi connectivity index (χ1n) is 7.53. The van der Waals surface area contributed by atoms with Crippen molar-refractivity contribution < 1.29 is 22.4 Å². The van der Waals surface area contributed by atoms with Gasteiger partial charge in [0, 0.05) is 40.4 Å². The van der Waals surface area contributed by atoms with E-state index in [1.807, 2.05) is 0 Å². The molecule has 2 amide bonds. The summed E-state index contributed by atoms with van der Waals surface area (Å²) in [5.41, 5.74) is -1.11. The second-order valence-electron chi connectivity index (χ2n) is 6.06. The van der Waals surface area contributed by atoms with Crippen molar-refractivity contribution in [3.8, 4) is 0 Å². The summed E-state index contributed by atoms with van der Waals surface area (Å²) < 4.78 is 51.9. The van der Waals surface area contributed by atoms with Crippen molar-refractivity contribution in [3.63, 3.8) is 0 Å². The Labute approximate surface area is 137 Å². The van der Waals surface area contributed by atoms with E-state index in [1.54, 1.807) is 30.9 Å². The van der Waals surface area contributed by atoms with E-state index in [2.05, 4.69) is 4.98 Å². The summed E-state index contributed by atoms with van der Waals surface area (Å²) in [5, 5.41) is 0. The molecule has 1 aromatic heterocycles. The Kier molecular flexibility index (Phi) is 5.19. The van der Waals surface area contributed by atoms with Crippen LogP contribution in [-0.2, 0) is 6.18 Å². The average Bonchev–Trinajstić information content (AvgIpc) is 2.52. The first-order valence-corrected chi connectivity index (χ1v) is 7.53. The second-order valence-corrected chi connectivity index (χ2v) is 6.06. The van der Waals surface area contributed by atoms with Crippen LogP contribution in [-0.4, -0.2) is 61.1 Å². The van der Waals surface area contributed by atoms with E-state index in [0.717, 1.165) is 6.42 Å². The highest BCUT2D eigenvalue weighted by atomic mass is 19.4. The third kappa shape index (κ3) is 3.88. The van der Waals surface area contributed by atoms with E-state index in [1.165, 1.54) is 4.90 Å². The normalized spacial score (nSPS) is 18.5. The molecule has 1 saturated heterocycles. The Morgan fingerprint density at radius 3 is 2.54 bits per heavy atom. The minimum atomic E-state index is -4.63. The number of anilines is 1. The Bertz CT molecular complexity index is 606. The van der Waals surface area contributed by atoms with Gasteiger partial charge in [-0.3, -0.25) is 0 Å². The van der Waals surface area contributed by atoms with Gasteiger partial charge in [0.15, 0.2) is 11.6 Å². The molecule has 0 bridgehead atoms. The number of rotatable bonds is 2. The molecule has 134 valence electrons. The van der Waals surface area contributed by atoms with Crippen molar-refractivity contribution in [3.05, 3.63) is 23.6 Å². The maximum atomic E-state index is 14.1. The van der Waals surface area contributed by atoms with Crippen LogP contribution in [0, 0.1) is 5.82 Å². The lowest BCUT2D eigenvalue weighted by molar-refractivity contribution is -0.138. The minimum absolute atomic E-state index is 0.113. The zero-order valence-electron chi connectivity index (χ0n) is 13.8. The summed E-state index contributed by atoms with van der Waals surface area (Å²) in [7, 11) is 4.93. The molecule has 2 rings (SSSR count). The van der Waals surface area contributed by atoms with Crippen molar-refractivity contribution in [1.82, 2.24) is 14.8 Å². The van der Waals surface area contributed by atoms with Gasteiger partial charge in [-0.2, -0.15) is 13.2 Å². The fourth-order valence-corrected chi connectivity index (χ4v) is 2.75. The van der Waals surface area contributed by atoms with Crippen LogP contribution >= 0.6 is 0 Å². The smallest absolute Gasteiger partial charge is 0.352 e. The molecule has 0 saturated carbocycles. The van der Waals surface area contributed by atoms with E-state index in [0.29, 0.717) is 31.8 Å². The maximum absolute atomic E-state index is 14.1. The van der Waals surface area contributed by atoms with E-state index in [-0.39, 0.29) is 17.9 Å². The summed E-state index contributed by atoms with van der Waals surface area (Å²) in [6.07, 6.45) is -2.56. The highest BCUT2D eigenvalue weighted by Crippen LogP contribution is 2.31. The number of carbonyl (C=O) groups is 1. The van der Waals surface area contributed by atoms with Gasteiger partial charge in [0.2, 0.25) is 0 Å². The summed E-state index contributed by atoms with van der Waals surface area (Å²) in [4.78, 5) is 20.3. The number of halogens is 4. The Hall–Kier alpha value is -2.06. The molecule has 24 heavy (non-hydrogen) atoms. The van der Waals surface area contributed by atoms with Gasteiger partial charge in [-0.15, -0.1) is 0 Å². The number of hydrogen-bond acceptors (Lipinski definition) is 3. The Balaban J connectivity index is 2.16. The summed E-state index contributed by atoms with van der Waals surface area (Å²) in [5.74, 6) is -1.12. The molecule has 9 heteroatoms. The predicted molar refractivity (Wildman–Crippen MR) is 81.3 cm³/mol. The van der Waals surface area contributed by atoms with Crippen LogP contribution in [0.4, 0.5) is 28.2 Å². The van der Waals surface area contributed by atoms with Gasteiger partial charge in [0.25, 0.3) is 0 Å². The van der Waals surface area contributed by atoms with E-state index >= 15 is 0 Å². The number of likely N-dealkylation sites (N-methyl/N-ethyl adjacent to an activating group) is 1. The molecule has 1 aliphatic heterocycles. The van der Waals surface area contributed by atoms with Crippen LogP contribution in [0.2, 0.25) is 0 Å². The standard InChI is InChI=1S/C15H20F4N4O/c1-21(2)14(24)22(3)11-5-4-6-23(9-11)13-12(16)7-10(8-20-13)15(17,18)19/h7-8,11H,4-6,9H2,1-3H3. The highest BCUT2D eigenvalue weighted by Gasteiger charge is 2.33. The number of hydrogen-bond donors (Lipinski definition) is 0.